The lowest BCUT2D eigenvalue weighted by atomic mass is 10.1. The van der Waals surface area contributed by atoms with Crippen molar-refractivity contribution in [3.8, 4) is 0 Å². The van der Waals surface area contributed by atoms with Crippen molar-refractivity contribution in [1.29, 1.82) is 0 Å². The number of rotatable bonds is 3. The van der Waals surface area contributed by atoms with Gasteiger partial charge < -0.3 is 4.74 Å². The summed E-state index contributed by atoms with van der Waals surface area (Å²) >= 11 is 3.98. The Bertz CT molecular complexity index is 429. The number of carbonyl (C=O) groups is 1. The van der Waals surface area contributed by atoms with E-state index in [1.807, 2.05) is 0 Å². The number of amides is 1. The molecule has 1 amide bonds. The second-order valence-electron chi connectivity index (χ2n) is 3.22. The average molecular weight is 279 g/mol. The predicted octanol–water partition coefficient (Wildman–Crippen LogP) is 3.78. The van der Waals surface area contributed by atoms with Crippen LogP contribution in [0.1, 0.15) is 17.7 Å². The Labute approximate surface area is 107 Å². The lowest BCUT2D eigenvalue weighted by molar-refractivity contribution is 0.186. The molecule has 0 aliphatic heterocycles. The number of benzene rings is 1. The van der Waals surface area contributed by atoms with E-state index in [0.717, 1.165) is 24.0 Å². The zero-order valence-corrected chi connectivity index (χ0v) is 10.9. The van der Waals surface area contributed by atoms with E-state index in [1.54, 1.807) is 6.92 Å². The van der Waals surface area contributed by atoms with E-state index in [2.05, 4.69) is 21.7 Å². The van der Waals surface area contributed by atoms with E-state index < -0.39 is 17.7 Å². The molecule has 94 valence electrons. The van der Waals surface area contributed by atoms with Gasteiger partial charge in [0.1, 0.15) is 11.6 Å². The molecule has 0 bridgehead atoms. The molecule has 0 aliphatic carbocycles. The molecule has 3 nitrogen and oxygen atoms in total. The van der Waals surface area contributed by atoms with Crippen LogP contribution in [-0.2, 0) is 4.74 Å². The first-order chi connectivity index (χ1) is 7.99. The zero-order valence-electron chi connectivity index (χ0n) is 9.16. The van der Waals surface area contributed by atoms with Crippen molar-refractivity contribution in [1.82, 2.24) is 0 Å². The first kappa shape index (κ1) is 14.1. The first-order valence-corrected chi connectivity index (χ1v) is 6.57. The number of ether oxygens (including phenoxy) is 1. The van der Waals surface area contributed by atoms with Crippen LogP contribution in [0.25, 0.3) is 0 Å². The Morgan fingerprint density at radius 1 is 1.53 bits per heavy atom. The van der Waals surface area contributed by atoms with Crippen LogP contribution in [0.4, 0.5) is 19.3 Å². The van der Waals surface area contributed by atoms with Gasteiger partial charge in [-0.2, -0.15) is 0 Å². The smallest absolute Gasteiger partial charge is 0.411 e. The second kappa shape index (κ2) is 6.11. The Hall–Kier alpha value is -0.950. The van der Waals surface area contributed by atoms with Gasteiger partial charge >= 0.3 is 6.09 Å². The molecule has 0 fully saturated rings. The fourth-order valence-corrected chi connectivity index (χ4v) is 1.90. The van der Waals surface area contributed by atoms with E-state index in [1.165, 1.54) is 0 Å². The van der Waals surface area contributed by atoms with Crippen LogP contribution in [0.15, 0.2) is 12.1 Å². The Balaban J connectivity index is 3.20. The average Bonchev–Trinajstić information content (AvgIpc) is 2.30. The lowest BCUT2D eigenvalue weighted by Crippen LogP contribution is -2.14. The highest BCUT2D eigenvalue weighted by atomic mass is 33.1. The molecule has 0 heterocycles. The van der Waals surface area contributed by atoms with E-state index in [4.69, 9.17) is 0 Å². The minimum absolute atomic E-state index is 0.0905. The highest BCUT2D eigenvalue weighted by molar-refractivity contribution is 8.68. The van der Waals surface area contributed by atoms with Crippen molar-refractivity contribution in [2.24, 2.45) is 0 Å². The maximum absolute atomic E-state index is 13.6. The van der Waals surface area contributed by atoms with Crippen LogP contribution in [0.3, 0.4) is 0 Å². The summed E-state index contributed by atoms with van der Waals surface area (Å²) in [6, 6.07) is 1.85. The SMILES string of the molecule is COC(=O)Nc1c(F)cc(F)cc1C(C)SS. The van der Waals surface area contributed by atoms with Gasteiger partial charge in [0.15, 0.2) is 0 Å². The molecule has 1 aromatic carbocycles. The predicted molar refractivity (Wildman–Crippen MR) is 67.4 cm³/mol. The van der Waals surface area contributed by atoms with Gasteiger partial charge in [0.2, 0.25) is 0 Å². The maximum Gasteiger partial charge on any atom is 0.411 e. The Morgan fingerprint density at radius 3 is 2.71 bits per heavy atom. The van der Waals surface area contributed by atoms with E-state index in [0.29, 0.717) is 11.6 Å². The van der Waals surface area contributed by atoms with Gasteiger partial charge in [-0.05, 0) is 18.6 Å². The first-order valence-electron chi connectivity index (χ1n) is 4.63. The number of thiol groups is 1. The Kier molecular flexibility index (Phi) is 5.07. The number of methoxy groups -OCH3 is 1. The van der Waals surface area contributed by atoms with Crippen molar-refractivity contribution in [3.05, 3.63) is 29.3 Å². The largest absolute Gasteiger partial charge is 0.453 e. The molecule has 1 rings (SSSR count). The van der Waals surface area contributed by atoms with Gasteiger partial charge in [0.05, 0.1) is 12.8 Å². The van der Waals surface area contributed by atoms with Crippen LogP contribution in [0.2, 0.25) is 0 Å². The molecular formula is C10H11F2NO2S2. The highest BCUT2D eigenvalue weighted by Gasteiger charge is 2.18. The van der Waals surface area contributed by atoms with Crippen molar-refractivity contribution in [3.63, 3.8) is 0 Å². The zero-order chi connectivity index (χ0) is 13.0. The number of halogens is 2. The molecule has 0 aromatic heterocycles. The molecule has 7 heteroatoms. The minimum atomic E-state index is -0.848. The number of anilines is 1. The number of hydrogen-bond acceptors (Lipinski definition) is 4. The third kappa shape index (κ3) is 3.50. The lowest BCUT2D eigenvalue weighted by Gasteiger charge is -2.15. The molecule has 1 N–H and O–H groups in total. The van der Waals surface area contributed by atoms with Crippen LogP contribution in [0, 0.1) is 11.6 Å². The van der Waals surface area contributed by atoms with Crippen molar-refractivity contribution in [2.45, 2.75) is 12.2 Å². The summed E-state index contributed by atoms with van der Waals surface area (Å²) in [5.41, 5.74) is 0.222. The normalized spacial score (nSPS) is 12.1. The molecule has 1 aromatic rings. The summed E-state index contributed by atoms with van der Waals surface area (Å²) in [5.74, 6) is -1.55. The van der Waals surface area contributed by atoms with Crippen molar-refractivity contribution < 1.29 is 18.3 Å². The monoisotopic (exact) mass is 279 g/mol. The molecule has 0 spiro atoms. The van der Waals surface area contributed by atoms with Gasteiger partial charge in [-0.1, -0.05) is 10.8 Å². The summed E-state index contributed by atoms with van der Waals surface area (Å²) in [6.45, 7) is 1.72. The highest BCUT2D eigenvalue weighted by Crippen LogP contribution is 2.37. The number of carbonyl (C=O) groups excluding carboxylic acids is 1. The molecule has 0 saturated heterocycles. The summed E-state index contributed by atoms with van der Waals surface area (Å²) in [4.78, 5) is 11.1. The fourth-order valence-electron chi connectivity index (χ4n) is 1.26. The molecule has 1 unspecified atom stereocenters. The van der Waals surface area contributed by atoms with Crippen LogP contribution < -0.4 is 5.32 Å². The third-order valence-electron chi connectivity index (χ3n) is 2.09. The minimum Gasteiger partial charge on any atom is -0.453 e. The molecule has 0 radical (unpaired) electrons. The third-order valence-corrected chi connectivity index (χ3v) is 3.61. The van der Waals surface area contributed by atoms with Gasteiger partial charge in [-0.3, -0.25) is 5.32 Å². The van der Waals surface area contributed by atoms with Crippen molar-refractivity contribution >= 4 is 34.2 Å². The molecular weight excluding hydrogens is 268 g/mol. The molecule has 0 aliphatic rings. The summed E-state index contributed by atoms with van der Waals surface area (Å²) in [7, 11) is 2.27. The maximum atomic E-state index is 13.6. The quantitative estimate of drug-likeness (QED) is 0.653. The van der Waals surface area contributed by atoms with Crippen LogP contribution in [0.5, 0.6) is 0 Å². The Morgan fingerprint density at radius 2 is 2.18 bits per heavy atom. The number of nitrogens with one attached hydrogen (secondary N) is 1. The molecule has 17 heavy (non-hydrogen) atoms. The summed E-state index contributed by atoms with van der Waals surface area (Å²) < 4.78 is 31.0. The second-order valence-corrected chi connectivity index (χ2v) is 4.77. The standard InChI is InChI=1S/C10H11F2NO2S2/c1-5(17-16)7-3-6(11)4-8(12)9(7)13-10(14)15-2/h3-5,16H,1-2H3,(H,13,14). The van der Waals surface area contributed by atoms with E-state index in [9.17, 15) is 13.6 Å². The van der Waals surface area contributed by atoms with Crippen LogP contribution >= 0.6 is 22.5 Å². The number of hydrogen-bond donors (Lipinski definition) is 2. The summed E-state index contributed by atoms with van der Waals surface area (Å²) in [6.07, 6.45) is -0.812. The van der Waals surface area contributed by atoms with Gasteiger partial charge in [0.25, 0.3) is 0 Å². The van der Waals surface area contributed by atoms with Crippen molar-refractivity contribution in [2.75, 3.05) is 12.4 Å². The summed E-state index contributed by atoms with van der Waals surface area (Å²) in [5, 5.41) is 1.94. The molecule has 1 atom stereocenters. The van der Waals surface area contributed by atoms with Crippen LogP contribution in [-0.4, -0.2) is 13.2 Å². The van der Waals surface area contributed by atoms with Gasteiger partial charge in [0, 0.05) is 11.3 Å². The van der Waals surface area contributed by atoms with Gasteiger partial charge in [-0.25, -0.2) is 13.6 Å². The topological polar surface area (TPSA) is 38.3 Å². The van der Waals surface area contributed by atoms with Gasteiger partial charge in [-0.15, -0.1) is 11.7 Å². The fraction of sp³-hybridized carbons (Fsp3) is 0.300. The van der Waals surface area contributed by atoms with E-state index in [-0.39, 0.29) is 10.9 Å². The van der Waals surface area contributed by atoms with E-state index >= 15 is 0 Å². The molecule has 0 saturated carbocycles.